The van der Waals surface area contributed by atoms with Crippen LogP contribution in [0.15, 0.2) is 0 Å². The van der Waals surface area contributed by atoms with Crippen LogP contribution in [0, 0.1) is 0 Å². The van der Waals surface area contributed by atoms with Gasteiger partial charge in [-0.1, -0.05) is 27.7 Å². The van der Waals surface area contributed by atoms with E-state index in [-0.39, 0.29) is 24.7 Å². The molecule has 24 heavy (non-hydrogen) atoms. The average Bonchev–Trinajstić information content (AvgIpc) is 2.97. The molecule has 1 rings (SSSR count). The maximum Gasteiger partial charge on any atom is 0.329 e. The third kappa shape index (κ3) is 9.87. The number of nitrogens with one attached hydrogen (secondary N) is 1. The van der Waals surface area contributed by atoms with E-state index >= 15 is 0 Å². The Bertz CT molecular complexity index is 319. The molecule has 7 nitrogen and oxygen atoms in total. The topological polar surface area (TPSA) is 77.0 Å². The Morgan fingerprint density at radius 3 is 2.29 bits per heavy atom. The fourth-order valence-electron chi connectivity index (χ4n) is 2.39. The highest BCUT2D eigenvalue weighted by Crippen LogP contribution is 2.31. The van der Waals surface area contributed by atoms with Crippen molar-refractivity contribution in [2.75, 3.05) is 48.0 Å². The minimum atomic E-state index is -1.86. The summed E-state index contributed by atoms with van der Waals surface area (Å²) in [5.74, 6) is 0.0487. The molecule has 1 aliphatic heterocycles. The number of nitrogens with zero attached hydrogens (tertiary/aromatic N) is 1. The summed E-state index contributed by atoms with van der Waals surface area (Å²) < 4.78 is 15.6. The molecule has 146 valence electrons. The summed E-state index contributed by atoms with van der Waals surface area (Å²) >= 11 is 0. The van der Waals surface area contributed by atoms with Gasteiger partial charge in [-0.2, -0.15) is 0 Å². The third-order valence-electron chi connectivity index (χ3n) is 3.72. The number of rotatable bonds is 8. The van der Waals surface area contributed by atoms with E-state index in [2.05, 4.69) is 23.9 Å². The largest absolute Gasteiger partial charge is 0.377 e. The zero-order valence-electron chi connectivity index (χ0n) is 16.7. The molecule has 0 radical (unpaired) electrons. The molecule has 2 N–H and O–H groups in total. The van der Waals surface area contributed by atoms with Gasteiger partial charge in [-0.25, -0.2) is 0 Å². The summed E-state index contributed by atoms with van der Waals surface area (Å²) in [5.41, 5.74) is 0. The number of carbonyl (C=O) groups is 1. The van der Waals surface area contributed by atoms with Crippen LogP contribution in [-0.2, 0) is 18.6 Å². The van der Waals surface area contributed by atoms with Gasteiger partial charge in [0.25, 0.3) is 5.91 Å². The molecule has 0 aromatic rings. The van der Waals surface area contributed by atoms with Crippen LogP contribution in [0.1, 0.15) is 40.5 Å². The molecule has 0 bridgehead atoms. The van der Waals surface area contributed by atoms with Crippen LogP contribution in [0.2, 0.25) is 0 Å². The zero-order chi connectivity index (χ0) is 19.2. The Labute approximate surface area is 149 Å². The van der Waals surface area contributed by atoms with Crippen LogP contribution in [0.5, 0.6) is 0 Å². The Hall–Kier alpha value is -0.300. The van der Waals surface area contributed by atoms with Gasteiger partial charge >= 0.3 is 8.60 Å². The van der Waals surface area contributed by atoms with E-state index in [1.807, 2.05) is 27.7 Å². The zero-order valence-corrected chi connectivity index (χ0v) is 17.6. The quantitative estimate of drug-likeness (QED) is 0.507. The number of quaternary nitrogens is 1. The van der Waals surface area contributed by atoms with Crippen LogP contribution in [0.25, 0.3) is 0 Å². The highest BCUT2D eigenvalue weighted by Gasteiger charge is 2.39. The third-order valence-corrected chi connectivity index (χ3v) is 4.41. The number of carbonyl (C=O) groups excluding carboxylic acids is 1. The maximum atomic E-state index is 12.2. The summed E-state index contributed by atoms with van der Waals surface area (Å²) in [6.45, 7) is 9.56. The first-order chi connectivity index (χ1) is 11.4. The van der Waals surface area contributed by atoms with Crippen LogP contribution >= 0.6 is 8.60 Å². The molecular formula is C16H38N2O5P+. The van der Waals surface area contributed by atoms with Crippen molar-refractivity contribution >= 4 is 14.5 Å². The Kier molecular flexibility index (Phi) is 16.2. The fourth-order valence-corrected chi connectivity index (χ4v) is 2.79. The van der Waals surface area contributed by atoms with Crippen LogP contribution in [0.3, 0.4) is 0 Å². The van der Waals surface area contributed by atoms with Crippen LogP contribution in [0.4, 0.5) is 0 Å². The molecule has 1 amide bonds. The molecule has 1 saturated heterocycles. The number of amides is 1. The average molecular weight is 369 g/mol. The lowest BCUT2D eigenvalue weighted by Gasteiger charge is -2.30. The first kappa shape index (κ1) is 25.9. The standard InChI is InChI=1S/C12H25N2O5P.2C2H6/c1-14(2)7-5-6-11(14)12(15)13-8-10(17-3)9-19-20(16)18-4;2*1-2/h10-11,16H,5-9H2,1-4H3;2*1-2H3/p+1. The van der Waals surface area contributed by atoms with Crippen molar-refractivity contribution in [2.45, 2.75) is 52.7 Å². The second-order valence-corrected chi connectivity index (χ2v) is 6.58. The number of methoxy groups -OCH3 is 1. The van der Waals surface area contributed by atoms with Crippen molar-refractivity contribution in [3.63, 3.8) is 0 Å². The molecule has 0 aromatic heterocycles. The van der Waals surface area contributed by atoms with Crippen molar-refractivity contribution in [3.05, 3.63) is 0 Å². The predicted molar refractivity (Wildman–Crippen MR) is 98.6 cm³/mol. The van der Waals surface area contributed by atoms with Crippen molar-refractivity contribution < 1.29 is 28.0 Å². The van der Waals surface area contributed by atoms with E-state index in [1.165, 1.54) is 7.11 Å². The number of hydrogen-bond donors (Lipinski definition) is 2. The summed E-state index contributed by atoms with van der Waals surface area (Å²) in [5, 5.41) is 2.90. The summed E-state index contributed by atoms with van der Waals surface area (Å²) in [6.07, 6.45) is 1.69. The van der Waals surface area contributed by atoms with Gasteiger partial charge < -0.3 is 28.5 Å². The molecular weight excluding hydrogens is 331 g/mol. The monoisotopic (exact) mass is 369 g/mol. The Morgan fingerprint density at radius 2 is 1.88 bits per heavy atom. The number of ether oxygens (including phenoxy) is 1. The molecule has 3 unspecified atom stereocenters. The van der Waals surface area contributed by atoms with E-state index < -0.39 is 8.60 Å². The Balaban J connectivity index is 0. The van der Waals surface area contributed by atoms with E-state index in [9.17, 15) is 9.69 Å². The number of likely N-dealkylation sites (tertiary alicyclic amines) is 1. The van der Waals surface area contributed by atoms with E-state index in [0.717, 1.165) is 23.9 Å². The summed E-state index contributed by atoms with van der Waals surface area (Å²) in [7, 11) is 5.20. The highest BCUT2D eigenvalue weighted by atomic mass is 31.2. The number of likely N-dealkylation sites (N-methyl/N-ethyl adjacent to an activating group) is 1. The normalized spacial score (nSPS) is 20.8. The SMILES string of the molecule is CC.CC.COC(CNC(=O)C1CCC[N+]1(C)C)COP(O)OC. The molecule has 0 aromatic carbocycles. The molecule has 0 aliphatic carbocycles. The van der Waals surface area contributed by atoms with Gasteiger partial charge in [-0.15, -0.1) is 0 Å². The molecule has 8 heteroatoms. The molecule has 1 heterocycles. The summed E-state index contributed by atoms with van der Waals surface area (Å²) in [4.78, 5) is 21.4. The van der Waals surface area contributed by atoms with Gasteiger partial charge in [-0.05, 0) is 0 Å². The van der Waals surface area contributed by atoms with E-state index in [0.29, 0.717) is 6.54 Å². The smallest absolute Gasteiger partial charge is 0.329 e. The molecule has 1 fully saturated rings. The number of hydrogen-bond acceptors (Lipinski definition) is 5. The predicted octanol–water partition coefficient (Wildman–Crippen LogP) is 2.29. The lowest BCUT2D eigenvalue weighted by Crippen LogP contribution is -2.53. The van der Waals surface area contributed by atoms with Gasteiger partial charge in [-0.3, -0.25) is 4.79 Å². The minimum Gasteiger partial charge on any atom is -0.377 e. The highest BCUT2D eigenvalue weighted by molar-refractivity contribution is 7.40. The van der Waals surface area contributed by atoms with Gasteiger partial charge in [0.1, 0.15) is 0 Å². The Morgan fingerprint density at radius 1 is 1.29 bits per heavy atom. The molecule has 1 aliphatic rings. The summed E-state index contributed by atoms with van der Waals surface area (Å²) in [6, 6.07) is 0.00219. The first-order valence-corrected chi connectivity index (χ1v) is 9.83. The second-order valence-electron chi connectivity index (χ2n) is 5.48. The van der Waals surface area contributed by atoms with Gasteiger partial charge in [0.15, 0.2) is 6.04 Å². The molecule has 0 saturated carbocycles. The van der Waals surface area contributed by atoms with Crippen molar-refractivity contribution in [1.82, 2.24) is 5.32 Å². The van der Waals surface area contributed by atoms with E-state index in [4.69, 9.17) is 9.26 Å². The maximum absolute atomic E-state index is 12.2. The molecule has 0 spiro atoms. The lowest BCUT2D eigenvalue weighted by atomic mass is 10.2. The van der Waals surface area contributed by atoms with Crippen LogP contribution in [-0.4, -0.2) is 75.4 Å². The molecule has 3 atom stereocenters. The van der Waals surface area contributed by atoms with Gasteiger partial charge in [0.05, 0.1) is 33.4 Å². The van der Waals surface area contributed by atoms with Crippen molar-refractivity contribution in [3.8, 4) is 0 Å². The van der Waals surface area contributed by atoms with Gasteiger partial charge in [0.2, 0.25) is 0 Å². The van der Waals surface area contributed by atoms with Crippen molar-refractivity contribution in [2.24, 2.45) is 0 Å². The fraction of sp³-hybridized carbons (Fsp3) is 0.938. The van der Waals surface area contributed by atoms with Crippen LogP contribution < -0.4 is 5.32 Å². The second kappa shape index (κ2) is 15.0. The van der Waals surface area contributed by atoms with E-state index in [1.54, 1.807) is 7.11 Å². The minimum absolute atomic E-state index is 0.00219. The first-order valence-electron chi connectivity index (χ1n) is 8.70. The van der Waals surface area contributed by atoms with Crippen molar-refractivity contribution in [1.29, 1.82) is 0 Å². The van der Waals surface area contributed by atoms with Gasteiger partial charge in [0, 0.05) is 33.6 Å². The lowest BCUT2D eigenvalue weighted by molar-refractivity contribution is -0.893.